The predicted molar refractivity (Wildman–Crippen MR) is 140 cm³/mol. The predicted octanol–water partition coefficient (Wildman–Crippen LogP) is 4.24. The molecule has 2 rings (SSSR count). The van der Waals surface area contributed by atoms with Gasteiger partial charge in [-0.1, -0.05) is 12.1 Å². The van der Waals surface area contributed by atoms with E-state index in [0.717, 1.165) is 37.6 Å². The second-order valence-corrected chi connectivity index (χ2v) is 8.76. The van der Waals surface area contributed by atoms with Crippen LogP contribution < -0.4 is 16.0 Å². The van der Waals surface area contributed by atoms with E-state index >= 15 is 0 Å². The lowest BCUT2D eigenvalue weighted by atomic mass is 10.1. The van der Waals surface area contributed by atoms with Crippen molar-refractivity contribution in [3.8, 4) is 0 Å². The van der Waals surface area contributed by atoms with Crippen LogP contribution in [0.5, 0.6) is 0 Å². The lowest BCUT2D eigenvalue weighted by molar-refractivity contribution is 0.0636. The van der Waals surface area contributed by atoms with Crippen molar-refractivity contribution in [2.24, 2.45) is 4.99 Å². The van der Waals surface area contributed by atoms with Crippen LogP contribution >= 0.6 is 24.0 Å². The number of aliphatic imine (C=N–C) groups is 1. The molecule has 0 aliphatic carbocycles. The molecule has 7 nitrogen and oxygen atoms in total. The van der Waals surface area contributed by atoms with E-state index in [1.54, 1.807) is 7.05 Å². The molecule has 1 aliphatic heterocycles. The molecular weight excluding hydrogens is 505 g/mol. The number of anilines is 1. The van der Waals surface area contributed by atoms with Crippen LogP contribution in [0.1, 0.15) is 52.0 Å². The third-order valence-electron chi connectivity index (χ3n) is 4.92. The number of likely N-dealkylation sites (tertiary alicyclic amines) is 1. The molecule has 0 unspecified atom stereocenters. The van der Waals surface area contributed by atoms with E-state index in [1.165, 1.54) is 44.5 Å². The maximum atomic E-state index is 11.8. The molecule has 1 heterocycles. The number of carbonyl (C=O) groups is 1. The summed E-state index contributed by atoms with van der Waals surface area (Å²) in [6, 6.07) is 7.82. The van der Waals surface area contributed by atoms with Crippen LogP contribution in [0.15, 0.2) is 29.3 Å². The highest BCUT2D eigenvalue weighted by Gasteiger charge is 2.16. The Morgan fingerprint density at radius 3 is 2.32 bits per heavy atom. The molecule has 0 saturated carbocycles. The Labute approximate surface area is 204 Å². The molecule has 176 valence electrons. The number of halogens is 1. The van der Waals surface area contributed by atoms with Crippen LogP contribution in [-0.4, -0.2) is 62.3 Å². The van der Waals surface area contributed by atoms with Crippen molar-refractivity contribution >= 4 is 41.7 Å². The minimum atomic E-state index is -0.504. The van der Waals surface area contributed by atoms with Gasteiger partial charge in [-0.15, -0.1) is 24.0 Å². The van der Waals surface area contributed by atoms with Gasteiger partial charge in [0.1, 0.15) is 5.60 Å². The van der Waals surface area contributed by atoms with Gasteiger partial charge in [0.15, 0.2) is 5.96 Å². The van der Waals surface area contributed by atoms with Crippen molar-refractivity contribution in [1.29, 1.82) is 0 Å². The molecular formula is C23H40IN5O2. The molecule has 8 heteroatoms. The summed E-state index contributed by atoms with van der Waals surface area (Å²) < 4.78 is 5.27. The lowest BCUT2D eigenvalue weighted by Crippen LogP contribution is -2.38. The van der Waals surface area contributed by atoms with E-state index in [4.69, 9.17) is 4.74 Å². The van der Waals surface area contributed by atoms with Crippen LogP contribution in [0.3, 0.4) is 0 Å². The van der Waals surface area contributed by atoms with Gasteiger partial charge in [-0.3, -0.25) is 10.3 Å². The summed E-state index contributed by atoms with van der Waals surface area (Å²) in [4.78, 5) is 18.7. The summed E-state index contributed by atoms with van der Waals surface area (Å²) >= 11 is 0. The summed E-state index contributed by atoms with van der Waals surface area (Å²) in [5.41, 5.74) is 1.42. The highest BCUT2D eigenvalue weighted by atomic mass is 127. The molecule has 3 N–H and O–H groups in total. The molecule has 0 radical (unpaired) electrons. The van der Waals surface area contributed by atoms with E-state index in [-0.39, 0.29) is 24.0 Å². The van der Waals surface area contributed by atoms with E-state index in [2.05, 4.69) is 25.8 Å². The van der Waals surface area contributed by atoms with Crippen molar-refractivity contribution in [3.05, 3.63) is 29.8 Å². The summed E-state index contributed by atoms with van der Waals surface area (Å²) in [7, 11) is 1.80. The van der Waals surface area contributed by atoms with E-state index < -0.39 is 11.7 Å². The normalized spacial score (nSPS) is 14.6. The Morgan fingerprint density at radius 2 is 1.71 bits per heavy atom. The first kappa shape index (κ1) is 27.5. The van der Waals surface area contributed by atoms with Crippen molar-refractivity contribution in [2.75, 3.05) is 45.1 Å². The second kappa shape index (κ2) is 14.5. The summed E-state index contributed by atoms with van der Waals surface area (Å²) in [6.45, 7) is 11.0. The van der Waals surface area contributed by atoms with Gasteiger partial charge >= 0.3 is 6.09 Å². The maximum Gasteiger partial charge on any atom is 0.412 e. The fraction of sp³-hybridized carbons (Fsp3) is 0.652. The molecule has 0 aromatic heterocycles. The van der Waals surface area contributed by atoms with Crippen LogP contribution in [0.25, 0.3) is 0 Å². The van der Waals surface area contributed by atoms with Crippen molar-refractivity contribution < 1.29 is 9.53 Å². The standard InChI is InChI=1S/C23H39N5O2.HI/c1-23(2,3)30-22(29)27-20-11-9-19(10-12-20)13-15-26-21(24-4)25-14-5-6-16-28-17-7-8-18-28;/h9-12H,5-8,13-18H2,1-4H3,(H,27,29)(H2,24,25,26);1H. The monoisotopic (exact) mass is 545 g/mol. The van der Waals surface area contributed by atoms with Gasteiger partial charge in [-0.2, -0.15) is 0 Å². The second-order valence-electron chi connectivity index (χ2n) is 8.76. The number of unbranched alkanes of at least 4 members (excludes halogenated alkanes) is 1. The van der Waals surface area contributed by atoms with E-state index in [1.807, 2.05) is 45.0 Å². The molecule has 1 aromatic rings. The third kappa shape index (κ3) is 12.2. The van der Waals surface area contributed by atoms with Crippen LogP contribution in [-0.2, 0) is 11.2 Å². The Bertz CT molecular complexity index is 668. The Morgan fingerprint density at radius 1 is 1.06 bits per heavy atom. The average molecular weight is 546 g/mol. The van der Waals surface area contributed by atoms with Gasteiger partial charge in [-0.25, -0.2) is 4.79 Å². The molecule has 1 saturated heterocycles. The molecule has 1 aromatic carbocycles. The molecule has 31 heavy (non-hydrogen) atoms. The van der Waals surface area contributed by atoms with Gasteiger partial charge in [0, 0.05) is 25.8 Å². The number of ether oxygens (including phenoxy) is 1. The zero-order chi connectivity index (χ0) is 21.8. The molecule has 0 spiro atoms. The first-order valence-electron chi connectivity index (χ1n) is 11.1. The minimum Gasteiger partial charge on any atom is -0.444 e. The number of benzene rings is 1. The fourth-order valence-electron chi connectivity index (χ4n) is 3.40. The van der Waals surface area contributed by atoms with Crippen molar-refractivity contribution in [2.45, 2.75) is 58.5 Å². The average Bonchev–Trinajstić information content (AvgIpc) is 3.19. The quantitative estimate of drug-likeness (QED) is 0.187. The number of guanidine groups is 1. The number of nitrogens with zero attached hydrogens (tertiary/aromatic N) is 2. The smallest absolute Gasteiger partial charge is 0.412 e. The zero-order valence-electron chi connectivity index (χ0n) is 19.5. The summed E-state index contributed by atoms with van der Waals surface area (Å²) in [5.74, 6) is 0.847. The number of rotatable bonds is 9. The maximum absolute atomic E-state index is 11.8. The van der Waals surface area contributed by atoms with E-state index in [9.17, 15) is 4.79 Å². The molecule has 0 bridgehead atoms. The van der Waals surface area contributed by atoms with Crippen LogP contribution in [0.2, 0.25) is 0 Å². The topological polar surface area (TPSA) is 78.0 Å². The van der Waals surface area contributed by atoms with Crippen molar-refractivity contribution in [1.82, 2.24) is 15.5 Å². The summed E-state index contributed by atoms with van der Waals surface area (Å²) in [6.07, 6.45) is 5.54. The van der Waals surface area contributed by atoms with Crippen LogP contribution in [0.4, 0.5) is 10.5 Å². The first-order chi connectivity index (χ1) is 14.4. The SMILES string of the molecule is CN=C(NCCCCN1CCCC1)NCCc1ccc(NC(=O)OC(C)(C)C)cc1.I. The Balaban J connectivity index is 0.00000480. The number of amides is 1. The molecule has 1 amide bonds. The fourth-order valence-corrected chi connectivity index (χ4v) is 3.40. The largest absolute Gasteiger partial charge is 0.444 e. The summed E-state index contributed by atoms with van der Waals surface area (Å²) in [5, 5.41) is 9.50. The lowest BCUT2D eigenvalue weighted by Gasteiger charge is -2.19. The van der Waals surface area contributed by atoms with Gasteiger partial charge in [0.05, 0.1) is 0 Å². The van der Waals surface area contributed by atoms with E-state index in [0.29, 0.717) is 0 Å². The third-order valence-corrected chi connectivity index (χ3v) is 4.92. The Hall–Kier alpha value is -1.55. The molecule has 1 fully saturated rings. The zero-order valence-corrected chi connectivity index (χ0v) is 21.8. The van der Waals surface area contributed by atoms with Crippen LogP contribution in [0, 0.1) is 0 Å². The number of hydrogen-bond donors (Lipinski definition) is 3. The highest BCUT2D eigenvalue weighted by Crippen LogP contribution is 2.13. The number of carbonyl (C=O) groups excluding carboxylic acids is 1. The first-order valence-corrected chi connectivity index (χ1v) is 11.1. The molecule has 1 aliphatic rings. The van der Waals surface area contributed by atoms with Gasteiger partial charge < -0.3 is 20.3 Å². The van der Waals surface area contributed by atoms with Crippen molar-refractivity contribution in [3.63, 3.8) is 0 Å². The van der Waals surface area contributed by atoms with Gasteiger partial charge in [-0.05, 0) is 90.2 Å². The van der Waals surface area contributed by atoms with Gasteiger partial charge in [0.2, 0.25) is 0 Å². The number of nitrogens with one attached hydrogen (secondary N) is 3. The minimum absolute atomic E-state index is 0. The molecule has 0 atom stereocenters. The Kier molecular flexibility index (Phi) is 12.9. The highest BCUT2D eigenvalue weighted by molar-refractivity contribution is 14.0. The van der Waals surface area contributed by atoms with Gasteiger partial charge in [0.25, 0.3) is 0 Å². The number of hydrogen-bond acceptors (Lipinski definition) is 4.